The molecule has 2 heterocycles. The molecule has 20 heavy (non-hydrogen) atoms. The summed E-state index contributed by atoms with van der Waals surface area (Å²) in [6.45, 7) is 1.43. The maximum atomic E-state index is 7.48. The van der Waals surface area contributed by atoms with Gasteiger partial charge < -0.3 is 15.4 Å². The van der Waals surface area contributed by atoms with E-state index in [1.165, 1.54) is 0 Å². The van der Waals surface area contributed by atoms with Crippen molar-refractivity contribution in [2.45, 2.75) is 6.42 Å². The number of para-hydroxylation sites is 2. The van der Waals surface area contributed by atoms with E-state index in [1.54, 1.807) is 12.3 Å². The molecule has 2 aromatic rings. The number of amidine groups is 1. The Morgan fingerprint density at radius 3 is 3.00 bits per heavy atom. The lowest BCUT2D eigenvalue weighted by molar-refractivity contribution is 0.322. The maximum Gasteiger partial charge on any atom is 0.230 e. The third-order valence-corrected chi connectivity index (χ3v) is 3.10. The van der Waals surface area contributed by atoms with Gasteiger partial charge in [0.2, 0.25) is 5.95 Å². The van der Waals surface area contributed by atoms with Gasteiger partial charge in [-0.2, -0.15) is 0 Å². The molecule has 102 valence electrons. The second-order valence-corrected chi connectivity index (χ2v) is 4.48. The minimum atomic E-state index is -0.0620. The molecule has 1 aliphatic heterocycles. The third kappa shape index (κ3) is 2.27. The van der Waals surface area contributed by atoms with Gasteiger partial charge >= 0.3 is 0 Å². The van der Waals surface area contributed by atoms with Crippen LogP contribution in [0, 0.1) is 5.41 Å². The van der Waals surface area contributed by atoms with E-state index < -0.39 is 0 Å². The number of ether oxygens (including phenoxy) is 1. The molecular weight excluding hydrogens is 254 g/mol. The van der Waals surface area contributed by atoms with Gasteiger partial charge in [-0.15, -0.1) is 0 Å². The Balaban J connectivity index is 2.05. The molecule has 0 saturated heterocycles. The molecular formula is C14H15N5O. The van der Waals surface area contributed by atoms with Crippen LogP contribution in [-0.2, 0) is 0 Å². The first kappa shape index (κ1) is 12.4. The molecule has 0 amide bonds. The Bertz CT molecular complexity index is 643. The van der Waals surface area contributed by atoms with Crippen LogP contribution in [0.2, 0.25) is 0 Å². The Morgan fingerprint density at radius 2 is 2.15 bits per heavy atom. The first-order valence-electron chi connectivity index (χ1n) is 6.42. The van der Waals surface area contributed by atoms with Crippen LogP contribution in [0.1, 0.15) is 12.1 Å². The zero-order valence-corrected chi connectivity index (χ0v) is 10.9. The molecule has 0 atom stereocenters. The average Bonchev–Trinajstić information content (AvgIpc) is 2.69. The number of anilines is 2. The number of nitrogen functional groups attached to an aromatic ring is 1. The molecule has 1 aliphatic rings. The van der Waals surface area contributed by atoms with E-state index in [0.717, 1.165) is 24.4 Å². The number of benzene rings is 1. The lowest BCUT2D eigenvalue weighted by Gasteiger charge is -2.21. The van der Waals surface area contributed by atoms with E-state index in [9.17, 15) is 0 Å². The second kappa shape index (κ2) is 5.16. The molecule has 1 aromatic carbocycles. The fraction of sp³-hybridized carbons (Fsp3) is 0.214. The summed E-state index contributed by atoms with van der Waals surface area (Å²) < 4.78 is 5.71. The monoisotopic (exact) mass is 269 g/mol. The van der Waals surface area contributed by atoms with Crippen LogP contribution >= 0.6 is 0 Å². The Hall–Kier alpha value is -2.63. The van der Waals surface area contributed by atoms with E-state index in [4.69, 9.17) is 15.9 Å². The van der Waals surface area contributed by atoms with Gasteiger partial charge in [0.05, 0.1) is 12.3 Å². The number of rotatable bonds is 2. The fourth-order valence-electron chi connectivity index (χ4n) is 2.16. The zero-order valence-electron chi connectivity index (χ0n) is 10.9. The zero-order chi connectivity index (χ0) is 13.9. The van der Waals surface area contributed by atoms with E-state index in [0.29, 0.717) is 18.2 Å². The van der Waals surface area contributed by atoms with E-state index in [1.807, 2.05) is 29.2 Å². The smallest absolute Gasteiger partial charge is 0.230 e. The number of hydrogen-bond acceptors (Lipinski definition) is 5. The summed E-state index contributed by atoms with van der Waals surface area (Å²) in [5, 5.41) is 7.48. The predicted molar refractivity (Wildman–Crippen MR) is 76.6 cm³/mol. The van der Waals surface area contributed by atoms with Crippen molar-refractivity contribution < 1.29 is 4.74 Å². The van der Waals surface area contributed by atoms with Crippen LogP contribution in [0.15, 0.2) is 36.5 Å². The third-order valence-electron chi connectivity index (χ3n) is 3.10. The second-order valence-electron chi connectivity index (χ2n) is 4.48. The van der Waals surface area contributed by atoms with Crippen molar-refractivity contribution in [3.05, 3.63) is 42.2 Å². The maximum absolute atomic E-state index is 7.48. The molecule has 6 nitrogen and oxygen atoms in total. The number of nitrogens with two attached hydrogens (primary N) is 1. The van der Waals surface area contributed by atoms with Crippen LogP contribution in [0.3, 0.4) is 0 Å². The van der Waals surface area contributed by atoms with Gasteiger partial charge in [-0.05, 0) is 24.6 Å². The minimum Gasteiger partial charge on any atom is -0.491 e. The number of nitrogens with one attached hydrogen (secondary N) is 1. The highest BCUT2D eigenvalue weighted by atomic mass is 16.5. The van der Waals surface area contributed by atoms with E-state index >= 15 is 0 Å². The molecule has 0 fully saturated rings. The number of hydrogen-bond donors (Lipinski definition) is 2. The largest absolute Gasteiger partial charge is 0.491 e. The molecule has 0 radical (unpaired) electrons. The Labute approximate surface area is 116 Å². The summed E-state index contributed by atoms with van der Waals surface area (Å²) in [5.74, 6) is 1.30. The van der Waals surface area contributed by atoms with E-state index in [2.05, 4.69) is 9.97 Å². The summed E-state index contributed by atoms with van der Waals surface area (Å²) in [7, 11) is 0. The van der Waals surface area contributed by atoms with Gasteiger partial charge in [-0.3, -0.25) is 5.41 Å². The van der Waals surface area contributed by atoms with Gasteiger partial charge in [0.25, 0.3) is 0 Å². The summed E-state index contributed by atoms with van der Waals surface area (Å²) in [4.78, 5) is 10.6. The lowest BCUT2D eigenvalue weighted by atomic mass is 10.2. The number of nitrogens with zero attached hydrogens (tertiary/aromatic N) is 3. The first-order valence-corrected chi connectivity index (χ1v) is 6.42. The van der Waals surface area contributed by atoms with Gasteiger partial charge in [-0.1, -0.05) is 12.1 Å². The molecule has 3 N–H and O–H groups in total. The number of aromatic nitrogens is 2. The van der Waals surface area contributed by atoms with Crippen molar-refractivity contribution in [1.29, 1.82) is 5.41 Å². The fourth-order valence-corrected chi connectivity index (χ4v) is 2.16. The number of fused-ring (bicyclic) bond motifs is 1. The molecule has 0 saturated carbocycles. The van der Waals surface area contributed by atoms with Gasteiger partial charge in [0, 0.05) is 12.7 Å². The van der Waals surface area contributed by atoms with Crippen LogP contribution in [0.4, 0.5) is 11.6 Å². The van der Waals surface area contributed by atoms with Crippen LogP contribution < -0.4 is 15.4 Å². The van der Waals surface area contributed by atoms with Crippen molar-refractivity contribution in [2.75, 3.05) is 18.1 Å². The summed E-state index contributed by atoms with van der Waals surface area (Å²) in [6, 6.07) is 9.43. The van der Waals surface area contributed by atoms with Crippen molar-refractivity contribution in [3.8, 4) is 5.75 Å². The van der Waals surface area contributed by atoms with Gasteiger partial charge in [-0.25, -0.2) is 9.97 Å². The minimum absolute atomic E-state index is 0.0620. The SMILES string of the molecule is N=C(N)c1ccnc(N2CCCOc3ccccc32)n1. The van der Waals surface area contributed by atoms with Crippen molar-refractivity contribution in [1.82, 2.24) is 9.97 Å². The summed E-state index contributed by atoms with van der Waals surface area (Å²) >= 11 is 0. The molecule has 1 aromatic heterocycles. The van der Waals surface area contributed by atoms with E-state index in [-0.39, 0.29) is 5.84 Å². The topological polar surface area (TPSA) is 88.1 Å². The predicted octanol–water partition coefficient (Wildman–Crippen LogP) is 1.68. The van der Waals surface area contributed by atoms with Crippen LogP contribution in [-0.4, -0.2) is 29.0 Å². The molecule has 0 spiro atoms. The highest BCUT2D eigenvalue weighted by Gasteiger charge is 2.19. The van der Waals surface area contributed by atoms with Crippen molar-refractivity contribution in [2.24, 2.45) is 5.73 Å². The molecule has 6 heteroatoms. The van der Waals surface area contributed by atoms with Crippen LogP contribution in [0.25, 0.3) is 0 Å². The lowest BCUT2D eigenvalue weighted by Crippen LogP contribution is -2.22. The Kier molecular flexibility index (Phi) is 3.20. The average molecular weight is 269 g/mol. The van der Waals surface area contributed by atoms with Crippen molar-refractivity contribution >= 4 is 17.5 Å². The first-order chi connectivity index (χ1) is 9.75. The highest BCUT2D eigenvalue weighted by molar-refractivity contribution is 5.93. The summed E-state index contributed by atoms with van der Waals surface area (Å²) in [6.07, 6.45) is 2.50. The molecule has 0 bridgehead atoms. The highest BCUT2D eigenvalue weighted by Crippen LogP contribution is 2.33. The standard InChI is InChI=1S/C14H15N5O/c15-13(16)10-6-7-17-14(18-10)19-8-3-9-20-12-5-2-1-4-11(12)19/h1-2,4-7H,3,8-9H2,(H3,15,16). The van der Waals surface area contributed by atoms with Crippen molar-refractivity contribution in [3.63, 3.8) is 0 Å². The Morgan fingerprint density at radius 1 is 1.30 bits per heavy atom. The van der Waals surface area contributed by atoms with Gasteiger partial charge in [0.15, 0.2) is 0 Å². The molecule has 0 aliphatic carbocycles. The molecule has 0 unspecified atom stereocenters. The van der Waals surface area contributed by atoms with Gasteiger partial charge in [0.1, 0.15) is 17.3 Å². The quantitative estimate of drug-likeness (QED) is 0.639. The summed E-state index contributed by atoms with van der Waals surface area (Å²) in [5.41, 5.74) is 6.85. The van der Waals surface area contributed by atoms with Crippen LogP contribution in [0.5, 0.6) is 5.75 Å². The normalized spacial score (nSPS) is 14.1. The molecule has 3 rings (SSSR count).